The minimum absolute atomic E-state index is 0. The molecule has 2 heterocycles. The minimum Gasteiger partial charge on any atom is -0.341 e. The predicted octanol–water partition coefficient (Wildman–Crippen LogP) is 1.70. The van der Waals surface area contributed by atoms with Gasteiger partial charge in [0.15, 0.2) is 0 Å². The largest absolute Gasteiger partial charge is 0.341 e. The van der Waals surface area contributed by atoms with Crippen molar-refractivity contribution in [2.24, 2.45) is 5.92 Å². The second-order valence-electron chi connectivity index (χ2n) is 6.48. The number of aryl methyl sites for hydroxylation is 1. The van der Waals surface area contributed by atoms with Gasteiger partial charge in [0, 0.05) is 19.6 Å². The second kappa shape index (κ2) is 8.54. The number of imidazole rings is 1. The van der Waals surface area contributed by atoms with E-state index in [9.17, 15) is 9.59 Å². The van der Waals surface area contributed by atoms with Crippen LogP contribution in [0.5, 0.6) is 0 Å². The zero-order valence-electron chi connectivity index (χ0n) is 14.9. The summed E-state index contributed by atoms with van der Waals surface area (Å²) >= 11 is 0. The SMILES string of the molecule is CCn1c(=O)n(CC(=O)N2CCC(CNC)CC2)c2ccccc21.Cl. The summed E-state index contributed by atoms with van der Waals surface area (Å²) in [6.07, 6.45) is 2.05. The Kier molecular flexibility index (Phi) is 6.67. The zero-order chi connectivity index (χ0) is 17.1. The van der Waals surface area contributed by atoms with Crippen molar-refractivity contribution < 1.29 is 4.79 Å². The fraction of sp³-hybridized carbons (Fsp3) is 0.556. The van der Waals surface area contributed by atoms with Gasteiger partial charge in [-0.05, 0) is 51.4 Å². The molecule has 1 aliphatic heterocycles. The first-order chi connectivity index (χ1) is 11.7. The number of nitrogens with one attached hydrogen (secondary N) is 1. The van der Waals surface area contributed by atoms with Crippen molar-refractivity contribution in [2.45, 2.75) is 32.9 Å². The average Bonchev–Trinajstić information content (AvgIpc) is 2.87. The molecule has 1 fully saturated rings. The first kappa shape index (κ1) is 19.5. The molecular formula is C18H27ClN4O2. The van der Waals surface area contributed by atoms with Gasteiger partial charge in [0.25, 0.3) is 0 Å². The van der Waals surface area contributed by atoms with E-state index >= 15 is 0 Å². The van der Waals surface area contributed by atoms with Gasteiger partial charge in [-0.25, -0.2) is 4.79 Å². The number of nitrogens with zero attached hydrogens (tertiary/aromatic N) is 3. The van der Waals surface area contributed by atoms with Gasteiger partial charge in [-0.3, -0.25) is 13.9 Å². The molecule has 0 saturated carbocycles. The first-order valence-corrected chi connectivity index (χ1v) is 8.76. The number of halogens is 1. The van der Waals surface area contributed by atoms with Crippen molar-refractivity contribution >= 4 is 29.3 Å². The molecule has 1 amide bonds. The van der Waals surface area contributed by atoms with E-state index in [4.69, 9.17) is 0 Å². The Morgan fingerprint density at radius 1 is 1.16 bits per heavy atom. The van der Waals surface area contributed by atoms with Gasteiger partial charge in [-0.15, -0.1) is 12.4 Å². The van der Waals surface area contributed by atoms with Crippen LogP contribution in [0.2, 0.25) is 0 Å². The van der Waals surface area contributed by atoms with Crippen LogP contribution in [0.25, 0.3) is 11.0 Å². The highest BCUT2D eigenvalue weighted by Gasteiger charge is 2.23. The fourth-order valence-corrected chi connectivity index (χ4v) is 3.64. The number of carbonyl (C=O) groups is 1. The Labute approximate surface area is 154 Å². The summed E-state index contributed by atoms with van der Waals surface area (Å²) in [5.41, 5.74) is 1.63. The number of carbonyl (C=O) groups excluding carboxylic acids is 1. The molecule has 0 atom stereocenters. The quantitative estimate of drug-likeness (QED) is 0.876. The summed E-state index contributed by atoms with van der Waals surface area (Å²) < 4.78 is 3.34. The van der Waals surface area contributed by atoms with E-state index in [2.05, 4.69) is 5.32 Å². The maximum Gasteiger partial charge on any atom is 0.329 e. The highest BCUT2D eigenvalue weighted by Crippen LogP contribution is 2.18. The van der Waals surface area contributed by atoms with Gasteiger partial charge >= 0.3 is 5.69 Å². The van der Waals surface area contributed by atoms with Crippen molar-refractivity contribution in [1.29, 1.82) is 0 Å². The number of fused-ring (bicyclic) bond motifs is 1. The predicted molar refractivity (Wildman–Crippen MR) is 102 cm³/mol. The summed E-state index contributed by atoms with van der Waals surface area (Å²) in [5.74, 6) is 0.683. The molecular weight excluding hydrogens is 340 g/mol. The summed E-state index contributed by atoms with van der Waals surface area (Å²) in [4.78, 5) is 27.2. The number of benzene rings is 1. The standard InChI is InChI=1S/C18H26N4O2.ClH/c1-3-21-15-6-4-5-7-16(15)22(18(21)24)13-17(23)20-10-8-14(9-11-20)12-19-2;/h4-7,14,19H,3,8-13H2,1-2H3;1H. The Bertz CT molecular complexity index is 775. The van der Waals surface area contributed by atoms with Gasteiger partial charge in [0.05, 0.1) is 11.0 Å². The Balaban J connectivity index is 0.00000225. The number of amides is 1. The number of hydrogen-bond donors (Lipinski definition) is 1. The monoisotopic (exact) mass is 366 g/mol. The van der Waals surface area contributed by atoms with Gasteiger partial charge in [0.2, 0.25) is 5.91 Å². The van der Waals surface area contributed by atoms with E-state index in [0.717, 1.165) is 43.5 Å². The van der Waals surface area contributed by atoms with Gasteiger partial charge in [-0.1, -0.05) is 12.1 Å². The van der Waals surface area contributed by atoms with Crippen LogP contribution in [0.3, 0.4) is 0 Å². The maximum atomic E-state index is 12.7. The van der Waals surface area contributed by atoms with Crippen LogP contribution in [0, 0.1) is 5.92 Å². The smallest absolute Gasteiger partial charge is 0.329 e. The topological polar surface area (TPSA) is 59.3 Å². The first-order valence-electron chi connectivity index (χ1n) is 8.76. The van der Waals surface area contributed by atoms with Crippen LogP contribution in [0.1, 0.15) is 19.8 Å². The molecule has 0 unspecified atom stereocenters. The summed E-state index contributed by atoms with van der Waals surface area (Å²) in [7, 11) is 1.97. The van der Waals surface area contributed by atoms with Gasteiger partial charge in [-0.2, -0.15) is 0 Å². The van der Waals surface area contributed by atoms with Gasteiger partial charge < -0.3 is 10.2 Å². The third kappa shape index (κ3) is 3.90. The van der Waals surface area contributed by atoms with Crippen molar-refractivity contribution in [2.75, 3.05) is 26.7 Å². The van der Waals surface area contributed by atoms with Crippen LogP contribution in [-0.2, 0) is 17.9 Å². The summed E-state index contributed by atoms with van der Waals surface area (Å²) in [6.45, 7) is 5.26. The van der Waals surface area contributed by atoms with Crippen molar-refractivity contribution in [1.82, 2.24) is 19.4 Å². The molecule has 0 radical (unpaired) electrons. The van der Waals surface area contributed by atoms with Crippen LogP contribution in [0.15, 0.2) is 29.1 Å². The third-order valence-corrected chi connectivity index (χ3v) is 4.99. The molecule has 0 aliphatic carbocycles. The molecule has 2 aromatic rings. The molecule has 1 aromatic carbocycles. The average molecular weight is 367 g/mol. The Morgan fingerprint density at radius 2 is 1.76 bits per heavy atom. The molecule has 25 heavy (non-hydrogen) atoms. The minimum atomic E-state index is -0.0999. The van der Waals surface area contributed by atoms with Crippen LogP contribution in [0.4, 0.5) is 0 Å². The van der Waals surface area contributed by atoms with Crippen LogP contribution in [-0.4, -0.2) is 46.6 Å². The van der Waals surface area contributed by atoms with Gasteiger partial charge in [0.1, 0.15) is 6.54 Å². The number of para-hydroxylation sites is 2. The van der Waals surface area contributed by atoms with E-state index in [-0.39, 0.29) is 30.5 Å². The van der Waals surface area contributed by atoms with E-state index in [0.29, 0.717) is 12.5 Å². The number of likely N-dealkylation sites (tertiary alicyclic amines) is 1. The highest BCUT2D eigenvalue weighted by molar-refractivity contribution is 5.85. The number of hydrogen-bond acceptors (Lipinski definition) is 3. The van der Waals surface area contributed by atoms with E-state index in [1.54, 1.807) is 9.13 Å². The fourth-order valence-electron chi connectivity index (χ4n) is 3.64. The van der Waals surface area contributed by atoms with E-state index in [1.807, 2.05) is 43.1 Å². The summed E-state index contributed by atoms with van der Waals surface area (Å²) in [6, 6.07) is 7.68. The molecule has 1 saturated heterocycles. The zero-order valence-corrected chi connectivity index (χ0v) is 15.7. The Morgan fingerprint density at radius 3 is 2.32 bits per heavy atom. The van der Waals surface area contributed by atoms with E-state index < -0.39 is 0 Å². The molecule has 0 spiro atoms. The molecule has 1 aliphatic rings. The third-order valence-electron chi connectivity index (χ3n) is 4.99. The number of rotatable bonds is 5. The lowest BCUT2D eigenvalue weighted by Crippen LogP contribution is -2.43. The van der Waals surface area contributed by atoms with Crippen molar-refractivity contribution in [3.8, 4) is 0 Å². The normalized spacial score (nSPS) is 15.4. The number of piperidine rings is 1. The molecule has 138 valence electrons. The molecule has 6 nitrogen and oxygen atoms in total. The molecule has 3 rings (SSSR count). The van der Waals surface area contributed by atoms with Crippen molar-refractivity contribution in [3.63, 3.8) is 0 Å². The van der Waals surface area contributed by atoms with Crippen LogP contribution < -0.4 is 11.0 Å². The summed E-state index contributed by atoms with van der Waals surface area (Å²) in [5, 5.41) is 3.21. The van der Waals surface area contributed by atoms with Crippen molar-refractivity contribution in [3.05, 3.63) is 34.7 Å². The molecule has 7 heteroatoms. The molecule has 1 N–H and O–H groups in total. The molecule has 0 bridgehead atoms. The second-order valence-corrected chi connectivity index (χ2v) is 6.48. The molecule has 1 aromatic heterocycles. The maximum absolute atomic E-state index is 12.7. The Hall–Kier alpha value is -1.79. The van der Waals surface area contributed by atoms with E-state index in [1.165, 1.54) is 0 Å². The highest BCUT2D eigenvalue weighted by atomic mass is 35.5. The number of aromatic nitrogens is 2. The lowest BCUT2D eigenvalue weighted by atomic mass is 9.97. The lowest BCUT2D eigenvalue weighted by molar-refractivity contribution is -0.133. The van der Waals surface area contributed by atoms with Crippen LogP contribution >= 0.6 is 12.4 Å². The lowest BCUT2D eigenvalue weighted by Gasteiger charge is -2.32.